The highest BCUT2D eigenvalue weighted by Gasteiger charge is 2.24. The van der Waals surface area contributed by atoms with E-state index in [1.165, 1.54) is 11.3 Å². The van der Waals surface area contributed by atoms with Gasteiger partial charge in [-0.25, -0.2) is 24.3 Å². The van der Waals surface area contributed by atoms with Crippen molar-refractivity contribution in [3.8, 4) is 39.2 Å². The van der Waals surface area contributed by atoms with E-state index in [1.807, 2.05) is 24.3 Å². The average Bonchev–Trinajstić information content (AvgIpc) is 3.56. The van der Waals surface area contributed by atoms with Crippen molar-refractivity contribution in [2.45, 2.75) is 12.5 Å². The van der Waals surface area contributed by atoms with Gasteiger partial charge in [0.05, 0.1) is 42.4 Å². The van der Waals surface area contributed by atoms with Crippen LogP contribution in [0.3, 0.4) is 0 Å². The molecular formula is C26H28FN7O3S. The first-order valence-corrected chi connectivity index (χ1v) is 12.9. The summed E-state index contributed by atoms with van der Waals surface area (Å²) < 4.78 is 29.4. The van der Waals surface area contributed by atoms with Crippen LogP contribution >= 0.6 is 11.3 Å². The smallest absolute Gasteiger partial charge is 0.227 e. The van der Waals surface area contributed by atoms with Gasteiger partial charge in [-0.1, -0.05) is 11.3 Å². The van der Waals surface area contributed by atoms with Crippen molar-refractivity contribution in [2.75, 3.05) is 51.6 Å². The molecule has 4 heterocycles. The van der Waals surface area contributed by atoms with E-state index < -0.39 is 0 Å². The number of hydrogen-bond acceptors (Lipinski definition) is 11. The van der Waals surface area contributed by atoms with Gasteiger partial charge in [0.2, 0.25) is 11.8 Å². The molecule has 0 saturated carbocycles. The topological polar surface area (TPSA) is 121 Å². The summed E-state index contributed by atoms with van der Waals surface area (Å²) in [5.74, 6) is 2.21. The summed E-state index contributed by atoms with van der Waals surface area (Å²) in [6.07, 6.45) is 4.20. The van der Waals surface area contributed by atoms with Gasteiger partial charge in [0.15, 0.2) is 5.13 Å². The molecule has 10 nitrogen and oxygen atoms in total. The van der Waals surface area contributed by atoms with Crippen LogP contribution in [-0.2, 0) is 0 Å². The number of ether oxygens (including phenoxy) is 3. The van der Waals surface area contributed by atoms with Crippen LogP contribution in [0.5, 0.6) is 17.4 Å². The van der Waals surface area contributed by atoms with Crippen molar-refractivity contribution in [2.24, 2.45) is 0 Å². The Morgan fingerprint density at radius 1 is 1.11 bits per heavy atom. The van der Waals surface area contributed by atoms with Crippen LogP contribution in [0.4, 0.5) is 21.2 Å². The molecule has 0 spiro atoms. The molecule has 4 aromatic rings. The van der Waals surface area contributed by atoms with Gasteiger partial charge in [-0.3, -0.25) is 4.90 Å². The second-order valence-electron chi connectivity index (χ2n) is 8.62. The molecular weight excluding hydrogens is 509 g/mol. The van der Waals surface area contributed by atoms with E-state index >= 15 is 0 Å². The van der Waals surface area contributed by atoms with E-state index in [-0.39, 0.29) is 12.8 Å². The molecule has 1 atom stereocenters. The molecule has 1 aromatic carbocycles. The molecule has 0 radical (unpaired) electrons. The lowest BCUT2D eigenvalue weighted by Crippen LogP contribution is -2.26. The second-order valence-corrected chi connectivity index (χ2v) is 9.66. The van der Waals surface area contributed by atoms with Crippen molar-refractivity contribution < 1.29 is 18.6 Å². The van der Waals surface area contributed by atoms with E-state index in [0.29, 0.717) is 58.6 Å². The van der Waals surface area contributed by atoms with Gasteiger partial charge in [-0.15, -0.1) is 0 Å². The summed E-state index contributed by atoms with van der Waals surface area (Å²) in [6.45, 7) is 1.64. The SMILES string of the molecule is COc1cc(OC)cc(-c2nc(N)sc2-c2ccnc(Nc3ccc(O[C@@H]4CCN(CCF)C4)nc3)n2)c1. The van der Waals surface area contributed by atoms with E-state index in [0.717, 1.165) is 23.4 Å². The summed E-state index contributed by atoms with van der Waals surface area (Å²) in [6, 6.07) is 11.0. The molecule has 1 saturated heterocycles. The first-order valence-electron chi connectivity index (χ1n) is 12.1. The maximum Gasteiger partial charge on any atom is 0.227 e. The van der Waals surface area contributed by atoms with Gasteiger partial charge in [0.25, 0.3) is 0 Å². The van der Waals surface area contributed by atoms with Crippen LogP contribution in [0.15, 0.2) is 48.8 Å². The largest absolute Gasteiger partial charge is 0.497 e. The monoisotopic (exact) mass is 537 g/mol. The van der Waals surface area contributed by atoms with Gasteiger partial charge in [-0.05, 0) is 30.7 Å². The zero-order chi connectivity index (χ0) is 26.5. The lowest BCUT2D eigenvalue weighted by Gasteiger charge is -2.15. The van der Waals surface area contributed by atoms with Crippen molar-refractivity contribution in [3.05, 3.63) is 48.8 Å². The molecule has 1 aliphatic heterocycles. The number of nitrogens with zero attached hydrogens (tertiary/aromatic N) is 5. The summed E-state index contributed by atoms with van der Waals surface area (Å²) in [4.78, 5) is 20.8. The van der Waals surface area contributed by atoms with Gasteiger partial charge in [0.1, 0.15) is 24.3 Å². The Hall–Kier alpha value is -4.03. The minimum Gasteiger partial charge on any atom is -0.497 e. The number of nitrogen functional groups attached to an aromatic ring is 1. The molecule has 38 heavy (non-hydrogen) atoms. The third-order valence-corrected chi connectivity index (χ3v) is 6.97. The number of methoxy groups -OCH3 is 2. The number of nitrogens with two attached hydrogens (primary N) is 1. The fraction of sp³-hybridized carbons (Fsp3) is 0.308. The lowest BCUT2D eigenvalue weighted by atomic mass is 10.1. The second kappa shape index (κ2) is 11.6. The predicted octanol–water partition coefficient (Wildman–Crippen LogP) is 4.43. The normalized spacial score (nSPS) is 15.4. The minimum atomic E-state index is -0.345. The molecule has 198 valence electrons. The molecule has 1 aliphatic rings. The molecule has 0 amide bonds. The number of rotatable bonds is 10. The quantitative estimate of drug-likeness (QED) is 0.301. The number of hydrogen-bond donors (Lipinski definition) is 2. The zero-order valence-corrected chi connectivity index (χ0v) is 21.9. The Balaban J connectivity index is 1.32. The average molecular weight is 538 g/mol. The van der Waals surface area contributed by atoms with E-state index in [2.05, 4.69) is 30.2 Å². The third kappa shape index (κ3) is 5.92. The standard InChI is InChI=1S/C26H28FN7O3S/c1-35-19-11-16(12-20(13-19)36-2)23-24(38-25(28)33-23)21-5-8-29-26(32-21)31-17-3-4-22(30-14-17)37-18-6-9-34(15-18)10-7-27/h3-5,8,11-14,18H,6-7,9-10,15H2,1-2H3,(H2,28,33)(H,29,31,32)/t18-/m1/s1. The molecule has 0 bridgehead atoms. The molecule has 0 unspecified atom stereocenters. The van der Waals surface area contributed by atoms with Crippen LogP contribution in [0.1, 0.15) is 6.42 Å². The molecule has 3 aromatic heterocycles. The number of alkyl halides is 1. The van der Waals surface area contributed by atoms with Gasteiger partial charge < -0.3 is 25.3 Å². The Kier molecular flexibility index (Phi) is 7.80. The summed E-state index contributed by atoms with van der Waals surface area (Å²) >= 11 is 1.34. The Morgan fingerprint density at radius 3 is 2.63 bits per heavy atom. The summed E-state index contributed by atoms with van der Waals surface area (Å²) in [5.41, 5.74) is 8.95. The van der Waals surface area contributed by atoms with Gasteiger partial charge in [0, 0.05) is 43.5 Å². The number of thiazole rings is 1. The number of benzene rings is 1. The summed E-state index contributed by atoms with van der Waals surface area (Å²) in [5, 5.41) is 3.60. The van der Waals surface area contributed by atoms with Crippen molar-refractivity contribution >= 4 is 28.1 Å². The summed E-state index contributed by atoms with van der Waals surface area (Å²) in [7, 11) is 3.20. The number of aromatic nitrogens is 4. The predicted molar refractivity (Wildman–Crippen MR) is 145 cm³/mol. The Morgan fingerprint density at radius 2 is 1.92 bits per heavy atom. The third-order valence-electron chi connectivity index (χ3n) is 6.07. The maximum atomic E-state index is 12.6. The van der Waals surface area contributed by atoms with Crippen molar-refractivity contribution in [3.63, 3.8) is 0 Å². The van der Waals surface area contributed by atoms with Crippen LogP contribution in [0, 0.1) is 0 Å². The first kappa shape index (κ1) is 25.6. The number of halogens is 1. The first-order chi connectivity index (χ1) is 18.5. The lowest BCUT2D eigenvalue weighted by molar-refractivity contribution is 0.189. The number of anilines is 3. The molecule has 0 aliphatic carbocycles. The highest BCUT2D eigenvalue weighted by molar-refractivity contribution is 7.19. The Bertz CT molecular complexity index is 1360. The Labute approximate surface area is 223 Å². The van der Waals surface area contributed by atoms with Crippen molar-refractivity contribution in [1.29, 1.82) is 0 Å². The fourth-order valence-corrected chi connectivity index (χ4v) is 5.06. The maximum absolute atomic E-state index is 12.6. The molecule has 12 heteroatoms. The van der Waals surface area contributed by atoms with E-state index in [4.69, 9.17) is 19.9 Å². The number of pyridine rings is 1. The number of likely N-dealkylation sites (tertiary alicyclic amines) is 1. The molecule has 1 fully saturated rings. The highest BCUT2D eigenvalue weighted by atomic mass is 32.1. The van der Waals surface area contributed by atoms with Crippen LogP contribution in [0.2, 0.25) is 0 Å². The van der Waals surface area contributed by atoms with Gasteiger partial charge in [-0.2, -0.15) is 0 Å². The molecule has 5 rings (SSSR count). The van der Waals surface area contributed by atoms with Crippen LogP contribution in [0.25, 0.3) is 21.8 Å². The van der Waals surface area contributed by atoms with E-state index in [9.17, 15) is 4.39 Å². The molecule has 3 N–H and O–H groups in total. The number of nitrogens with one attached hydrogen (secondary N) is 1. The van der Waals surface area contributed by atoms with Gasteiger partial charge >= 0.3 is 0 Å². The van der Waals surface area contributed by atoms with Crippen LogP contribution in [-0.4, -0.2) is 71.5 Å². The van der Waals surface area contributed by atoms with Crippen molar-refractivity contribution in [1.82, 2.24) is 24.8 Å². The minimum absolute atomic E-state index is 0.0125. The zero-order valence-electron chi connectivity index (χ0n) is 21.1. The van der Waals surface area contributed by atoms with E-state index in [1.54, 1.807) is 38.7 Å². The highest BCUT2D eigenvalue weighted by Crippen LogP contribution is 2.40. The fourth-order valence-electron chi connectivity index (χ4n) is 4.24. The van der Waals surface area contributed by atoms with Crippen LogP contribution < -0.4 is 25.3 Å².